The molecule has 2 aliphatic rings. The second-order valence-electron chi connectivity index (χ2n) is 7.95. The number of primary amides is 1. The van der Waals surface area contributed by atoms with Crippen LogP contribution in [0.1, 0.15) is 47.8 Å². The zero-order valence-corrected chi connectivity index (χ0v) is 16.6. The molecule has 0 bridgehead atoms. The minimum absolute atomic E-state index is 0.0986. The first kappa shape index (κ1) is 21.1. The molecule has 31 heavy (non-hydrogen) atoms. The number of nitrogens with zero attached hydrogens (tertiary/aromatic N) is 5. The van der Waals surface area contributed by atoms with E-state index >= 15 is 0 Å². The second-order valence-corrected chi connectivity index (χ2v) is 7.95. The van der Waals surface area contributed by atoms with Gasteiger partial charge in [0.05, 0.1) is 29.9 Å². The number of likely N-dealkylation sites (tertiary alicyclic amines) is 1. The van der Waals surface area contributed by atoms with Crippen molar-refractivity contribution in [2.24, 2.45) is 11.7 Å². The van der Waals surface area contributed by atoms with Gasteiger partial charge in [-0.2, -0.15) is 23.5 Å². The van der Waals surface area contributed by atoms with Crippen LogP contribution in [0.5, 0.6) is 0 Å². The maximum absolute atomic E-state index is 12.7. The summed E-state index contributed by atoms with van der Waals surface area (Å²) < 4.78 is 39.7. The smallest absolute Gasteiger partial charge is 0.365 e. The summed E-state index contributed by atoms with van der Waals surface area (Å²) in [6.07, 6.45) is 1.56. The zero-order valence-electron chi connectivity index (χ0n) is 16.6. The summed E-state index contributed by atoms with van der Waals surface area (Å²) >= 11 is 0. The number of anilines is 2. The predicted octanol–water partition coefficient (Wildman–Crippen LogP) is 3.08. The number of hydrogen-bond donors (Lipinski definition) is 2. The Balaban J connectivity index is 1.54. The van der Waals surface area contributed by atoms with Crippen LogP contribution in [-0.4, -0.2) is 44.7 Å². The number of amides is 1. The number of hydrogen-bond acceptors (Lipinski definition) is 6. The summed E-state index contributed by atoms with van der Waals surface area (Å²) in [5.41, 5.74) is 4.79. The van der Waals surface area contributed by atoms with Gasteiger partial charge in [-0.15, -0.1) is 0 Å². The minimum Gasteiger partial charge on any atom is -0.365 e. The molecule has 0 aromatic carbocycles. The van der Waals surface area contributed by atoms with Gasteiger partial charge in [-0.1, -0.05) is 0 Å². The van der Waals surface area contributed by atoms with Gasteiger partial charge in [0.1, 0.15) is 11.3 Å². The fourth-order valence-electron chi connectivity index (χ4n) is 4.23. The predicted molar refractivity (Wildman–Crippen MR) is 105 cm³/mol. The normalized spacial score (nSPS) is 24.3. The van der Waals surface area contributed by atoms with Crippen molar-refractivity contribution in [3.05, 3.63) is 35.8 Å². The van der Waals surface area contributed by atoms with Crippen LogP contribution in [0.25, 0.3) is 0 Å². The van der Waals surface area contributed by atoms with Gasteiger partial charge >= 0.3 is 6.18 Å². The third-order valence-corrected chi connectivity index (χ3v) is 6.01. The Kier molecular flexibility index (Phi) is 5.58. The van der Waals surface area contributed by atoms with Crippen molar-refractivity contribution in [2.75, 3.05) is 18.4 Å². The molecule has 0 spiro atoms. The van der Waals surface area contributed by atoms with Gasteiger partial charge in [-0.3, -0.25) is 9.48 Å². The first-order valence-electron chi connectivity index (χ1n) is 10.1. The van der Waals surface area contributed by atoms with Crippen molar-refractivity contribution in [1.29, 1.82) is 5.26 Å². The lowest BCUT2D eigenvalue weighted by atomic mass is 9.81. The largest absolute Gasteiger partial charge is 0.433 e. The van der Waals surface area contributed by atoms with E-state index in [0.29, 0.717) is 6.04 Å². The molecular formula is C20H22F3N7O. The molecular weight excluding hydrogens is 411 g/mol. The van der Waals surface area contributed by atoms with Crippen LogP contribution in [-0.2, 0) is 6.18 Å². The summed E-state index contributed by atoms with van der Waals surface area (Å²) in [5.74, 6) is -0.868. The number of rotatable bonds is 5. The molecule has 2 fully saturated rings. The van der Waals surface area contributed by atoms with Crippen molar-refractivity contribution in [3.63, 3.8) is 0 Å². The summed E-state index contributed by atoms with van der Waals surface area (Å²) in [6, 6.07) is 4.60. The molecule has 1 unspecified atom stereocenters. The summed E-state index contributed by atoms with van der Waals surface area (Å²) in [4.78, 5) is 17.7. The Labute approximate surface area is 176 Å². The van der Waals surface area contributed by atoms with Crippen LogP contribution < -0.4 is 11.1 Å². The van der Waals surface area contributed by atoms with E-state index in [4.69, 9.17) is 5.73 Å². The Bertz CT molecular complexity index is 992. The van der Waals surface area contributed by atoms with Crippen LogP contribution in [0, 0.1) is 17.2 Å². The van der Waals surface area contributed by atoms with Crippen molar-refractivity contribution in [1.82, 2.24) is 19.7 Å². The number of nitriles is 1. The van der Waals surface area contributed by atoms with Gasteiger partial charge in [0.2, 0.25) is 0 Å². The standard InChI is InChI=1S/C20H22F3N7O/c21-20(22,23)17-5-2-13(10-26-17)27-19-15(18(25)31)11-30(28-19)16-4-3-14(8-12(16)9-24)29-6-1-7-29/h2,5,10-12,14,16H,1,3-4,6-8H2,(H2,25,31)(H,27,28)/t12?,14-,16+/m1/s1. The van der Waals surface area contributed by atoms with E-state index in [1.165, 1.54) is 18.7 Å². The number of halogens is 3. The monoisotopic (exact) mass is 433 g/mol. The van der Waals surface area contributed by atoms with Crippen LogP contribution in [0.3, 0.4) is 0 Å². The summed E-state index contributed by atoms with van der Waals surface area (Å²) in [5, 5.41) is 16.9. The number of alkyl halides is 3. The molecule has 1 saturated carbocycles. The number of nitrogens with two attached hydrogens (primary N) is 1. The zero-order chi connectivity index (χ0) is 22.2. The SMILES string of the molecule is N#CC1C[C@H](N2CCC2)CC[C@@H]1n1cc(C(N)=O)c(Nc2ccc(C(F)(F)F)nc2)n1. The maximum atomic E-state index is 12.7. The Morgan fingerprint density at radius 1 is 1.29 bits per heavy atom. The summed E-state index contributed by atoms with van der Waals surface area (Å²) in [6.45, 7) is 2.13. The number of carbonyl (C=O) groups is 1. The highest BCUT2D eigenvalue weighted by molar-refractivity contribution is 5.98. The van der Waals surface area contributed by atoms with E-state index in [9.17, 15) is 23.2 Å². The maximum Gasteiger partial charge on any atom is 0.433 e. The fourth-order valence-corrected chi connectivity index (χ4v) is 4.23. The number of pyridine rings is 1. The van der Waals surface area contributed by atoms with E-state index in [0.717, 1.165) is 44.6 Å². The molecule has 0 radical (unpaired) electrons. The van der Waals surface area contributed by atoms with Gasteiger partial charge in [0, 0.05) is 12.2 Å². The Morgan fingerprint density at radius 2 is 2.06 bits per heavy atom. The third kappa shape index (κ3) is 4.34. The molecule has 3 atom stereocenters. The lowest BCUT2D eigenvalue weighted by molar-refractivity contribution is -0.141. The minimum atomic E-state index is -4.54. The molecule has 164 valence electrons. The molecule has 1 saturated heterocycles. The van der Waals surface area contributed by atoms with Crippen LogP contribution in [0.4, 0.5) is 24.7 Å². The first-order chi connectivity index (χ1) is 14.8. The molecule has 1 aliphatic carbocycles. The van der Waals surface area contributed by atoms with Crippen LogP contribution in [0.15, 0.2) is 24.5 Å². The fraction of sp³-hybridized carbons (Fsp3) is 0.500. The van der Waals surface area contributed by atoms with Crippen LogP contribution in [0.2, 0.25) is 0 Å². The molecule has 2 aromatic heterocycles. The summed E-state index contributed by atoms with van der Waals surface area (Å²) in [7, 11) is 0. The van der Waals surface area contributed by atoms with Gasteiger partial charge in [0.25, 0.3) is 5.91 Å². The second kappa shape index (κ2) is 8.19. The van der Waals surface area contributed by atoms with Crippen molar-refractivity contribution in [2.45, 2.75) is 43.9 Å². The van der Waals surface area contributed by atoms with Crippen molar-refractivity contribution in [3.8, 4) is 6.07 Å². The molecule has 1 aliphatic heterocycles. The third-order valence-electron chi connectivity index (χ3n) is 6.01. The highest BCUT2D eigenvalue weighted by Crippen LogP contribution is 2.38. The van der Waals surface area contributed by atoms with Gasteiger partial charge in [-0.05, 0) is 50.9 Å². The first-order valence-corrected chi connectivity index (χ1v) is 10.1. The van der Waals surface area contributed by atoms with E-state index in [1.807, 2.05) is 0 Å². The molecule has 11 heteroatoms. The molecule has 4 rings (SSSR count). The lowest BCUT2D eigenvalue weighted by Gasteiger charge is -2.43. The van der Waals surface area contributed by atoms with Gasteiger partial charge in [0.15, 0.2) is 5.82 Å². The van der Waals surface area contributed by atoms with Gasteiger partial charge in [-0.25, -0.2) is 4.98 Å². The van der Waals surface area contributed by atoms with E-state index < -0.39 is 17.8 Å². The van der Waals surface area contributed by atoms with E-state index in [1.54, 1.807) is 4.68 Å². The number of aromatic nitrogens is 3. The van der Waals surface area contributed by atoms with E-state index in [-0.39, 0.29) is 29.0 Å². The molecule has 1 amide bonds. The molecule has 2 aromatic rings. The molecule has 3 N–H and O–H groups in total. The highest BCUT2D eigenvalue weighted by Gasteiger charge is 2.37. The van der Waals surface area contributed by atoms with Crippen LogP contribution >= 0.6 is 0 Å². The lowest BCUT2D eigenvalue weighted by Crippen LogP contribution is -2.48. The molecule has 3 heterocycles. The average molecular weight is 433 g/mol. The van der Waals surface area contributed by atoms with Crippen molar-refractivity contribution >= 4 is 17.4 Å². The molecule has 8 nitrogen and oxygen atoms in total. The average Bonchev–Trinajstić information content (AvgIpc) is 3.10. The number of carbonyl (C=O) groups excluding carboxylic acids is 1. The Hall–Kier alpha value is -3.13. The van der Waals surface area contributed by atoms with Gasteiger partial charge < -0.3 is 16.0 Å². The quantitative estimate of drug-likeness (QED) is 0.749. The highest BCUT2D eigenvalue weighted by atomic mass is 19.4. The Morgan fingerprint density at radius 3 is 2.61 bits per heavy atom. The van der Waals surface area contributed by atoms with E-state index in [2.05, 4.69) is 26.4 Å². The topological polar surface area (TPSA) is 113 Å². The number of nitrogens with one attached hydrogen (secondary N) is 1. The van der Waals surface area contributed by atoms with Crippen molar-refractivity contribution < 1.29 is 18.0 Å².